The Bertz CT molecular complexity index is 753. The number of carboxylic acids is 1. The number of anilines is 1. The van der Waals surface area contributed by atoms with Crippen molar-refractivity contribution in [2.75, 3.05) is 38.7 Å². The molecular weight excluding hydrogens is 430 g/mol. The Kier molecular flexibility index (Phi) is 14.1. The second kappa shape index (κ2) is 16.6. The highest BCUT2D eigenvalue weighted by Crippen LogP contribution is 2.06. The fraction of sp³-hybridized carbons (Fsp3) is 0.565. The summed E-state index contributed by atoms with van der Waals surface area (Å²) in [7, 11) is 0. The molecule has 0 aliphatic carbocycles. The molecule has 0 heterocycles. The first-order valence-electron chi connectivity index (χ1n) is 11.2. The van der Waals surface area contributed by atoms with Crippen LogP contribution < -0.4 is 16.4 Å². The van der Waals surface area contributed by atoms with Crippen LogP contribution in [0.4, 0.5) is 5.69 Å². The van der Waals surface area contributed by atoms with Gasteiger partial charge in [-0.15, -0.1) is 0 Å². The van der Waals surface area contributed by atoms with E-state index in [1.54, 1.807) is 24.3 Å². The standard InChI is InChI=1S/C23H35N3O7/c1-2-19(27)6-5-13-32-14-15-33-16-21(28)26-20(23(30)31)7-3-4-12-25-22(29)17-8-10-18(24)11-9-17/h8-11,20H,2-7,12-16,24H2,1H3,(H,25,29)(H,26,28)(H,30,31)/t20-/m0/s1. The van der Waals surface area contributed by atoms with Crippen molar-refractivity contribution >= 4 is 29.3 Å². The molecule has 1 aromatic rings. The van der Waals surface area contributed by atoms with E-state index in [9.17, 15) is 24.3 Å². The van der Waals surface area contributed by atoms with Gasteiger partial charge in [0.05, 0.1) is 13.2 Å². The third kappa shape index (κ3) is 13.2. The Hall–Kier alpha value is -2.98. The Labute approximate surface area is 194 Å². The number of hydrogen-bond donors (Lipinski definition) is 4. The van der Waals surface area contributed by atoms with Gasteiger partial charge in [0.1, 0.15) is 18.4 Å². The molecule has 0 spiro atoms. The molecule has 1 aromatic carbocycles. The van der Waals surface area contributed by atoms with Crippen LogP contribution in [0.3, 0.4) is 0 Å². The van der Waals surface area contributed by atoms with Crippen LogP contribution in [0.5, 0.6) is 0 Å². The molecule has 0 bridgehead atoms. The monoisotopic (exact) mass is 465 g/mol. The van der Waals surface area contributed by atoms with E-state index in [0.717, 1.165) is 0 Å². The number of hydrogen-bond acceptors (Lipinski definition) is 7. The summed E-state index contributed by atoms with van der Waals surface area (Å²) in [6.45, 7) is 2.88. The molecule has 1 atom stereocenters. The molecular formula is C23H35N3O7. The van der Waals surface area contributed by atoms with Crippen molar-refractivity contribution in [1.82, 2.24) is 10.6 Å². The summed E-state index contributed by atoms with van der Waals surface area (Å²) in [5.74, 6) is -1.68. The number of nitrogens with one attached hydrogen (secondary N) is 2. The second-order valence-electron chi connectivity index (χ2n) is 7.49. The number of ether oxygens (including phenoxy) is 2. The molecule has 0 saturated heterocycles. The van der Waals surface area contributed by atoms with Gasteiger partial charge in [0.15, 0.2) is 0 Å². The van der Waals surface area contributed by atoms with Crippen LogP contribution in [0, 0.1) is 0 Å². The zero-order valence-electron chi connectivity index (χ0n) is 19.1. The van der Waals surface area contributed by atoms with Crippen molar-refractivity contribution in [3.05, 3.63) is 29.8 Å². The molecule has 0 unspecified atom stereocenters. The predicted molar refractivity (Wildman–Crippen MR) is 123 cm³/mol. The molecule has 0 radical (unpaired) electrons. The molecule has 0 aliphatic heterocycles. The molecule has 2 amide bonds. The number of Topliss-reactive ketones (excluding diaryl/α,β-unsaturated/α-hetero) is 1. The van der Waals surface area contributed by atoms with E-state index in [1.807, 2.05) is 6.92 Å². The molecule has 0 aliphatic rings. The predicted octanol–water partition coefficient (Wildman–Crippen LogP) is 1.53. The summed E-state index contributed by atoms with van der Waals surface area (Å²) < 4.78 is 10.5. The van der Waals surface area contributed by atoms with E-state index in [0.29, 0.717) is 56.5 Å². The summed E-state index contributed by atoms with van der Waals surface area (Å²) in [6, 6.07) is 5.52. The number of carbonyl (C=O) groups is 4. The topological polar surface area (TPSA) is 157 Å². The van der Waals surface area contributed by atoms with E-state index in [1.165, 1.54) is 0 Å². The summed E-state index contributed by atoms with van der Waals surface area (Å²) in [4.78, 5) is 46.5. The SMILES string of the molecule is CCC(=O)CCCOCCOCC(=O)N[C@@H](CCCCNC(=O)c1ccc(N)cc1)C(=O)O. The maximum atomic E-state index is 12.0. The van der Waals surface area contributed by atoms with Gasteiger partial charge in [0.2, 0.25) is 5.91 Å². The number of benzene rings is 1. The lowest BCUT2D eigenvalue weighted by Gasteiger charge is -2.15. The number of aliphatic carboxylic acids is 1. The van der Waals surface area contributed by atoms with Gasteiger partial charge >= 0.3 is 5.97 Å². The quantitative estimate of drug-likeness (QED) is 0.188. The smallest absolute Gasteiger partial charge is 0.326 e. The number of carboxylic acid groups (broad SMARTS) is 1. The van der Waals surface area contributed by atoms with Gasteiger partial charge in [-0.3, -0.25) is 14.4 Å². The molecule has 184 valence electrons. The number of unbranched alkanes of at least 4 members (excludes halogenated alkanes) is 1. The molecule has 5 N–H and O–H groups in total. The number of nitrogens with two attached hydrogens (primary N) is 1. The van der Waals surface area contributed by atoms with Crippen molar-refractivity contribution in [1.29, 1.82) is 0 Å². The molecule has 10 nitrogen and oxygen atoms in total. The maximum Gasteiger partial charge on any atom is 0.326 e. The van der Waals surface area contributed by atoms with E-state index in [4.69, 9.17) is 15.2 Å². The molecule has 0 aromatic heterocycles. The minimum absolute atomic E-state index is 0.195. The molecule has 0 saturated carbocycles. The first kappa shape index (κ1) is 28.1. The summed E-state index contributed by atoms with van der Waals surface area (Å²) >= 11 is 0. The van der Waals surface area contributed by atoms with Gasteiger partial charge in [0.25, 0.3) is 5.91 Å². The Morgan fingerprint density at radius 2 is 1.70 bits per heavy atom. The van der Waals surface area contributed by atoms with Gasteiger partial charge < -0.3 is 30.9 Å². The van der Waals surface area contributed by atoms with Gasteiger partial charge in [-0.05, 0) is 49.9 Å². The highest BCUT2D eigenvalue weighted by atomic mass is 16.5. The largest absolute Gasteiger partial charge is 0.480 e. The number of carbonyl (C=O) groups excluding carboxylic acids is 3. The van der Waals surface area contributed by atoms with Crippen LogP contribution in [0.25, 0.3) is 0 Å². The number of nitrogen functional groups attached to an aromatic ring is 1. The lowest BCUT2D eigenvalue weighted by Crippen LogP contribution is -2.42. The van der Waals surface area contributed by atoms with Crippen molar-refractivity contribution in [3.8, 4) is 0 Å². The average molecular weight is 466 g/mol. The van der Waals surface area contributed by atoms with Gasteiger partial charge in [-0.1, -0.05) is 6.92 Å². The van der Waals surface area contributed by atoms with Crippen LogP contribution >= 0.6 is 0 Å². The zero-order chi connectivity index (χ0) is 24.5. The third-order valence-electron chi connectivity index (χ3n) is 4.76. The van der Waals surface area contributed by atoms with E-state index < -0.39 is 17.9 Å². The fourth-order valence-electron chi connectivity index (χ4n) is 2.84. The minimum atomic E-state index is -1.13. The highest BCUT2D eigenvalue weighted by Gasteiger charge is 2.19. The summed E-state index contributed by atoms with van der Waals surface area (Å²) in [6.07, 6.45) is 2.98. The Morgan fingerprint density at radius 1 is 1.00 bits per heavy atom. The average Bonchev–Trinajstić information content (AvgIpc) is 2.79. The Balaban J connectivity index is 2.13. The number of amides is 2. The van der Waals surface area contributed by atoms with Crippen LogP contribution in [-0.4, -0.2) is 67.7 Å². The first-order chi connectivity index (χ1) is 15.8. The first-order valence-corrected chi connectivity index (χ1v) is 11.2. The normalized spacial score (nSPS) is 11.5. The Morgan fingerprint density at radius 3 is 2.36 bits per heavy atom. The van der Waals surface area contributed by atoms with Crippen molar-refractivity contribution in [2.45, 2.75) is 51.5 Å². The van der Waals surface area contributed by atoms with Crippen molar-refractivity contribution in [2.24, 2.45) is 0 Å². The van der Waals surface area contributed by atoms with E-state index >= 15 is 0 Å². The minimum Gasteiger partial charge on any atom is -0.480 e. The number of ketones is 1. The maximum absolute atomic E-state index is 12.0. The number of rotatable bonds is 18. The van der Waals surface area contributed by atoms with E-state index in [2.05, 4.69) is 10.6 Å². The molecule has 0 fully saturated rings. The van der Waals surface area contributed by atoms with Gasteiger partial charge in [0, 0.05) is 37.2 Å². The van der Waals surface area contributed by atoms with Gasteiger partial charge in [-0.25, -0.2) is 4.79 Å². The summed E-state index contributed by atoms with van der Waals surface area (Å²) in [5, 5.41) is 14.5. The lowest BCUT2D eigenvalue weighted by atomic mass is 10.1. The summed E-state index contributed by atoms with van der Waals surface area (Å²) in [5.41, 5.74) is 6.66. The zero-order valence-corrected chi connectivity index (χ0v) is 19.1. The molecule has 1 rings (SSSR count). The van der Waals surface area contributed by atoms with Crippen molar-refractivity contribution < 1.29 is 33.8 Å². The van der Waals surface area contributed by atoms with Crippen LogP contribution in [-0.2, 0) is 23.9 Å². The molecule has 33 heavy (non-hydrogen) atoms. The van der Waals surface area contributed by atoms with E-state index in [-0.39, 0.29) is 37.9 Å². The van der Waals surface area contributed by atoms with Crippen LogP contribution in [0.2, 0.25) is 0 Å². The van der Waals surface area contributed by atoms with Gasteiger partial charge in [-0.2, -0.15) is 0 Å². The van der Waals surface area contributed by atoms with Crippen LogP contribution in [0.1, 0.15) is 55.8 Å². The third-order valence-corrected chi connectivity index (χ3v) is 4.76. The van der Waals surface area contributed by atoms with Crippen molar-refractivity contribution in [3.63, 3.8) is 0 Å². The second-order valence-corrected chi connectivity index (χ2v) is 7.49. The lowest BCUT2D eigenvalue weighted by molar-refractivity contribution is -0.142. The highest BCUT2D eigenvalue weighted by molar-refractivity contribution is 5.94. The van der Waals surface area contributed by atoms with Crippen LogP contribution in [0.15, 0.2) is 24.3 Å². The fourth-order valence-corrected chi connectivity index (χ4v) is 2.84. The molecule has 10 heteroatoms.